The molecule has 0 aromatic rings. The molecule has 0 spiro atoms. The highest BCUT2D eigenvalue weighted by atomic mass is 32.2. The van der Waals surface area contributed by atoms with Gasteiger partial charge in [-0.05, 0) is 25.7 Å². The summed E-state index contributed by atoms with van der Waals surface area (Å²) in [5.41, 5.74) is 0. The Kier molecular flexibility index (Phi) is 8.35. The zero-order valence-electron chi connectivity index (χ0n) is 10.0. The van der Waals surface area contributed by atoms with E-state index in [2.05, 4.69) is 27.7 Å². The number of carbonyl (C=O) groups excluding carboxylic acids is 1. The van der Waals surface area contributed by atoms with Crippen LogP contribution in [-0.4, -0.2) is 16.8 Å². The molecule has 0 unspecified atom stereocenters. The Labute approximate surface area is 93.0 Å². The summed E-state index contributed by atoms with van der Waals surface area (Å²) in [5.74, 6) is 1.47. The van der Waals surface area contributed by atoms with Crippen LogP contribution in [0.2, 0.25) is 0 Å². The second kappa shape index (κ2) is 8.34. The van der Waals surface area contributed by atoms with Crippen molar-refractivity contribution in [2.45, 2.75) is 58.6 Å². The number of carbonyl (C=O) groups is 1. The molecular weight excluding hydrogens is 192 g/mol. The molecular formula is C12H24OS. The van der Waals surface area contributed by atoms with Crippen molar-refractivity contribution >= 4 is 17.5 Å². The van der Waals surface area contributed by atoms with E-state index in [1.165, 1.54) is 12.8 Å². The van der Waals surface area contributed by atoms with Crippen molar-refractivity contribution in [1.29, 1.82) is 0 Å². The molecule has 0 rings (SSSR count). The molecule has 0 fully saturated rings. The van der Waals surface area contributed by atoms with E-state index in [4.69, 9.17) is 0 Å². The molecule has 0 aliphatic rings. The van der Waals surface area contributed by atoms with Crippen LogP contribution < -0.4 is 0 Å². The maximum absolute atomic E-state index is 11.7. The van der Waals surface area contributed by atoms with E-state index >= 15 is 0 Å². The van der Waals surface area contributed by atoms with Crippen LogP contribution in [0.4, 0.5) is 0 Å². The molecule has 14 heavy (non-hydrogen) atoms. The number of thioether (sulfide) groups is 1. The van der Waals surface area contributed by atoms with Gasteiger partial charge in [0.05, 0.1) is 5.75 Å². The number of hydrogen-bond donors (Lipinski definition) is 0. The summed E-state index contributed by atoms with van der Waals surface area (Å²) in [7, 11) is 0. The molecule has 0 aromatic carbocycles. The lowest BCUT2D eigenvalue weighted by Gasteiger charge is -2.14. The van der Waals surface area contributed by atoms with Crippen molar-refractivity contribution in [3.8, 4) is 0 Å². The van der Waals surface area contributed by atoms with Gasteiger partial charge in [0, 0.05) is 11.2 Å². The third-order valence-corrected chi connectivity index (χ3v) is 4.40. The number of hydrogen-bond acceptors (Lipinski definition) is 2. The molecule has 0 bridgehead atoms. The summed E-state index contributed by atoms with van der Waals surface area (Å²) >= 11 is 1.84. The second-order valence-corrected chi connectivity index (χ2v) is 5.02. The van der Waals surface area contributed by atoms with Crippen molar-refractivity contribution in [2.24, 2.45) is 5.92 Å². The Morgan fingerprint density at radius 3 is 1.86 bits per heavy atom. The standard InChI is InChI=1S/C12H24OS/c1-5-10(6-2)12(13)9-14-11(7-3)8-4/h10-11H,5-9H2,1-4H3. The average Bonchev–Trinajstić information content (AvgIpc) is 2.21. The van der Waals surface area contributed by atoms with Crippen molar-refractivity contribution in [3.05, 3.63) is 0 Å². The summed E-state index contributed by atoms with van der Waals surface area (Å²) in [6.07, 6.45) is 4.35. The SMILES string of the molecule is CCC(CC)SCC(=O)C(CC)CC. The fraction of sp³-hybridized carbons (Fsp3) is 0.917. The lowest BCUT2D eigenvalue weighted by molar-refractivity contribution is -0.120. The number of ketones is 1. The topological polar surface area (TPSA) is 17.1 Å². The highest BCUT2D eigenvalue weighted by Gasteiger charge is 2.15. The van der Waals surface area contributed by atoms with Crippen LogP contribution in [0.25, 0.3) is 0 Å². The van der Waals surface area contributed by atoms with Gasteiger partial charge in [-0.25, -0.2) is 0 Å². The van der Waals surface area contributed by atoms with Crippen LogP contribution in [0.15, 0.2) is 0 Å². The van der Waals surface area contributed by atoms with Gasteiger partial charge in [-0.3, -0.25) is 4.79 Å². The quantitative estimate of drug-likeness (QED) is 0.612. The predicted molar refractivity (Wildman–Crippen MR) is 65.9 cm³/mol. The minimum atomic E-state index is 0.303. The molecule has 0 heterocycles. The number of rotatable bonds is 8. The molecule has 1 nitrogen and oxygen atoms in total. The van der Waals surface area contributed by atoms with E-state index in [-0.39, 0.29) is 0 Å². The predicted octanol–water partition coefficient (Wildman–Crippen LogP) is 3.91. The van der Waals surface area contributed by atoms with E-state index in [9.17, 15) is 4.79 Å². The Bertz CT molecular complexity index is 148. The van der Waals surface area contributed by atoms with Crippen molar-refractivity contribution in [1.82, 2.24) is 0 Å². The lowest BCUT2D eigenvalue weighted by Crippen LogP contribution is -2.16. The average molecular weight is 216 g/mol. The summed E-state index contributed by atoms with van der Waals surface area (Å²) in [4.78, 5) is 11.7. The Hall–Kier alpha value is 0.0200. The first-order valence-electron chi connectivity index (χ1n) is 5.83. The highest BCUT2D eigenvalue weighted by Crippen LogP contribution is 2.20. The third kappa shape index (κ3) is 5.04. The first-order chi connectivity index (χ1) is 6.69. The Morgan fingerprint density at radius 1 is 1.00 bits per heavy atom. The maximum Gasteiger partial charge on any atom is 0.145 e. The Balaban J connectivity index is 3.81. The van der Waals surface area contributed by atoms with E-state index in [0.29, 0.717) is 17.0 Å². The van der Waals surface area contributed by atoms with Gasteiger partial charge >= 0.3 is 0 Å². The summed E-state index contributed by atoms with van der Waals surface area (Å²) in [5, 5.41) is 0.674. The second-order valence-electron chi connectivity index (χ2n) is 3.73. The number of Topliss-reactive ketones (excluding diaryl/α,β-unsaturated/α-hetero) is 1. The van der Waals surface area contributed by atoms with Crippen molar-refractivity contribution in [3.63, 3.8) is 0 Å². The van der Waals surface area contributed by atoms with Gasteiger partial charge in [0.2, 0.25) is 0 Å². The van der Waals surface area contributed by atoms with Gasteiger partial charge in [-0.1, -0.05) is 27.7 Å². The minimum Gasteiger partial charge on any atom is -0.298 e. The molecule has 0 N–H and O–H groups in total. The molecule has 0 aliphatic carbocycles. The fourth-order valence-corrected chi connectivity index (χ4v) is 2.69. The van der Waals surface area contributed by atoms with Crippen LogP contribution in [0.5, 0.6) is 0 Å². The zero-order valence-corrected chi connectivity index (χ0v) is 10.8. The fourth-order valence-electron chi connectivity index (χ4n) is 1.59. The molecule has 0 saturated heterocycles. The van der Waals surface area contributed by atoms with Crippen LogP contribution >= 0.6 is 11.8 Å². The summed E-state index contributed by atoms with van der Waals surface area (Å²) in [6, 6.07) is 0. The van der Waals surface area contributed by atoms with E-state index in [0.717, 1.165) is 18.6 Å². The van der Waals surface area contributed by atoms with Crippen LogP contribution in [-0.2, 0) is 4.79 Å². The normalized spacial score (nSPS) is 11.3. The molecule has 0 amide bonds. The van der Waals surface area contributed by atoms with Gasteiger partial charge in [-0.15, -0.1) is 0 Å². The monoisotopic (exact) mass is 216 g/mol. The molecule has 84 valence electrons. The largest absolute Gasteiger partial charge is 0.298 e. The van der Waals surface area contributed by atoms with Gasteiger partial charge in [0.25, 0.3) is 0 Å². The van der Waals surface area contributed by atoms with Gasteiger partial charge in [0.1, 0.15) is 5.78 Å². The zero-order chi connectivity index (χ0) is 11.0. The van der Waals surface area contributed by atoms with Gasteiger partial charge < -0.3 is 0 Å². The summed E-state index contributed by atoms with van der Waals surface area (Å²) in [6.45, 7) is 8.60. The molecule has 0 radical (unpaired) electrons. The molecule has 0 atom stereocenters. The first kappa shape index (κ1) is 14.0. The lowest BCUT2D eigenvalue weighted by atomic mass is 10.00. The van der Waals surface area contributed by atoms with Gasteiger partial charge in [0.15, 0.2) is 0 Å². The first-order valence-corrected chi connectivity index (χ1v) is 6.88. The van der Waals surface area contributed by atoms with Crippen molar-refractivity contribution < 1.29 is 4.79 Å². The molecule has 0 aliphatic heterocycles. The smallest absolute Gasteiger partial charge is 0.145 e. The third-order valence-electron chi connectivity index (χ3n) is 2.81. The Morgan fingerprint density at radius 2 is 1.50 bits per heavy atom. The minimum absolute atomic E-state index is 0.303. The maximum atomic E-state index is 11.7. The summed E-state index contributed by atoms with van der Waals surface area (Å²) < 4.78 is 0. The van der Waals surface area contributed by atoms with Crippen LogP contribution in [0.1, 0.15) is 53.4 Å². The van der Waals surface area contributed by atoms with Crippen molar-refractivity contribution in [2.75, 3.05) is 5.75 Å². The van der Waals surface area contributed by atoms with E-state index < -0.39 is 0 Å². The van der Waals surface area contributed by atoms with E-state index in [1.807, 2.05) is 11.8 Å². The molecule has 2 heteroatoms. The molecule has 0 aromatic heterocycles. The van der Waals surface area contributed by atoms with Crippen LogP contribution in [0, 0.1) is 5.92 Å². The van der Waals surface area contributed by atoms with Gasteiger partial charge in [-0.2, -0.15) is 11.8 Å². The van der Waals surface area contributed by atoms with Crippen LogP contribution in [0.3, 0.4) is 0 Å². The highest BCUT2D eigenvalue weighted by molar-refractivity contribution is 8.00. The van der Waals surface area contributed by atoms with E-state index in [1.54, 1.807) is 0 Å². The molecule has 0 saturated carbocycles.